The van der Waals surface area contributed by atoms with Gasteiger partial charge in [-0.25, -0.2) is 0 Å². The molecule has 1 aromatic carbocycles. The second-order valence-electron chi connectivity index (χ2n) is 7.18. The Kier molecular flexibility index (Phi) is 4.69. The Morgan fingerprint density at radius 1 is 1.25 bits per heavy atom. The van der Waals surface area contributed by atoms with Gasteiger partial charge >= 0.3 is 5.97 Å². The lowest BCUT2D eigenvalue weighted by Crippen LogP contribution is -2.34. The zero-order valence-electron chi connectivity index (χ0n) is 13.1. The molecule has 0 N–H and O–H groups in total. The van der Waals surface area contributed by atoms with Crippen LogP contribution in [0.25, 0.3) is 0 Å². The number of esters is 1. The molecule has 0 aliphatic carbocycles. The Balaban J connectivity index is 1.94. The first kappa shape index (κ1) is 15.3. The number of rotatable bonds is 5. The van der Waals surface area contributed by atoms with E-state index < -0.39 is 8.07 Å². The van der Waals surface area contributed by atoms with E-state index in [4.69, 9.17) is 4.74 Å². The maximum Gasteiger partial charge on any atom is 0.309 e. The second kappa shape index (κ2) is 6.13. The van der Waals surface area contributed by atoms with Crippen molar-refractivity contribution in [3.63, 3.8) is 0 Å². The summed E-state index contributed by atoms with van der Waals surface area (Å²) < 4.78 is 5.60. The van der Waals surface area contributed by atoms with E-state index in [-0.39, 0.29) is 18.0 Å². The number of cyclic esters (lactones) is 1. The average Bonchev–Trinajstić information content (AvgIpc) is 2.70. The predicted octanol–water partition coefficient (Wildman–Crippen LogP) is 4.06. The van der Waals surface area contributed by atoms with Crippen molar-refractivity contribution >= 4 is 14.0 Å². The maximum absolute atomic E-state index is 11.9. The first-order valence-corrected chi connectivity index (χ1v) is 11.0. The van der Waals surface area contributed by atoms with Gasteiger partial charge in [0.1, 0.15) is 6.10 Å². The third kappa shape index (κ3) is 3.95. The van der Waals surface area contributed by atoms with Gasteiger partial charge in [0.15, 0.2) is 0 Å². The Bertz CT molecular complexity index is 453. The molecule has 2 rings (SSSR count). The van der Waals surface area contributed by atoms with Crippen LogP contribution in [-0.4, -0.2) is 20.1 Å². The van der Waals surface area contributed by atoms with Gasteiger partial charge in [-0.1, -0.05) is 62.8 Å². The SMILES string of the molecule is CC(C)[C@H]1C[C@@H](C[Si](C)(C)Cc2ccccc2)OC1=O. The molecule has 110 valence electrons. The summed E-state index contributed by atoms with van der Waals surface area (Å²) in [6, 6.07) is 12.9. The molecule has 1 heterocycles. The fourth-order valence-corrected chi connectivity index (χ4v) is 6.15. The third-order valence-electron chi connectivity index (χ3n) is 4.21. The standard InChI is InChI=1S/C17H26O2Si/c1-13(2)16-10-15(19-17(16)18)12-20(3,4)11-14-8-6-5-7-9-14/h5-9,13,15-16H,10-12H2,1-4H3/t15-,16+/m0/s1. The summed E-state index contributed by atoms with van der Waals surface area (Å²) in [5.74, 6) is 0.530. The zero-order chi connectivity index (χ0) is 14.8. The van der Waals surface area contributed by atoms with Crippen molar-refractivity contribution in [3.05, 3.63) is 35.9 Å². The van der Waals surface area contributed by atoms with Crippen molar-refractivity contribution < 1.29 is 9.53 Å². The van der Waals surface area contributed by atoms with Crippen LogP contribution in [0.2, 0.25) is 19.1 Å². The maximum atomic E-state index is 11.9. The van der Waals surface area contributed by atoms with Gasteiger partial charge < -0.3 is 4.74 Å². The fourth-order valence-electron chi connectivity index (χ4n) is 3.19. The van der Waals surface area contributed by atoms with E-state index in [1.165, 1.54) is 5.56 Å². The molecule has 0 aromatic heterocycles. The van der Waals surface area contributed by atoms with E-state index in [0.717, 1.165) is 18.5 Å². The van der Waals surface area contributed by atoms with Gasteiger partial charge in [-0.3, -0.25) is 4.79 Å². The Hall–Kier alpha value is -1.09. The number of hydrogen-bond donors (Lipinski definition) is 0. The lowest BCUT2D eigenvalue weighted by molar-refractivity contribution is -0.144. The van der Waals surface area contributed by atoms with Crippen LogP contribution in [0.15, 0.2) is 30.3 Å². The second-order valence-corrected chi connectivity index (χ2v) is 12.3. The fraction of sp³-hybridized carbons (Fsp3) is 0.588. The molecule has 1 aliphatic rings. The van der Waals surface area contributed by atoms with E-state index in [1.807, 2.05) is 0 Å². The molecular weight excluding hydrogens is 264 g/mol. The van der Waals surface area contributed by atoms with Crippen LogP contribution in [0, 0.1) is 11.8 Å². The van der Waals surface area contributed by atoms with Gasteiger partial charge in [-0.05, 0) is 24.4 Å². The topological polar surface area (TPSA) is 26.3 Å². The summed E-state index contributed by atoms with van der Waals surface area (Å²) in [6.45, 7) is 9.02. The molecule has 3 heteroatoms. The lowest BCUT2D eigenvalue weighted by atomic mass is 9.93. The minimum absolute atomic E-state index is 0.0227. The Labute approximate surface area is 123 Å². The smallest absolute Gasteiger partial charge is 0.309 e. The van der Waals surface area contributed by atoms with Gasteiger partial charge in [0.05, 0.1) is 14.0 Å². The molecule has 1 saturated heterocycles. The van der Waals surface area contributed by atoms with Crippen LogP contribution in [0.4, 0.5) is 0 Å². The van der Waals surface area contributed by atoms with Gasteiger partial charge in [0.25, 0.3) is 0 Å². The van der Waals surface area contributed by atoms with Crippen LogP contribution in [0.3, 0.4) is 0 Å². The van der Waals surface area contributed by atoms with Crippen LogP contribution in [0.5, 0.6) is 0 Å². The van der Waals surface area contributed by atoms with E-state index >= 15 is 0 Å². The highest BCUT2D eigenvalue weighted by atomic mass is 28.3. The molecule has 1 aliphatic heterocycles. The lowest BCUT2D eigenvalue weighted by Gasteiger charge is -2.25. The molecule has 0 bridgehead atoms. The number of carbonyl (C=O) groups is 1. The Morgan fingerprint density at radius 2 is 1.90 bits per heavy atom. The van der Waals surface area contributed by atoms with Crippen molar-refractivity contribution in [3.8, 4) is 0 Å². The predicted molar refractivity (Wildman–Crippen MR) is 85.3 cm³/mol. The van der Waals surface area contributed by atoms with Crippen molar-refractivity contribution in [2.24, 2.45) is 11.8 Å². The number of hydrogen-bond acceptors (Lipinski definition) is 2. The van der Waals surface area contributed by atoms with Crippen molar-refractivity contribution in [2.75, 3.05) is 0 Å². The number of ether oxygens (including phenoxy) is 1. The van der Waals surface area contributed by atoms with Gasteiger partial charge in [0.2, 0.25) is 0 Å². The van der Waals surface area contributed by atoms with Crippen LogP contribution in [-0.2, 0) is 15.6 Å². The molecule has 1 fully saturated rings. The van der Waals surface area contributed by atoms with Crippen LogP contribution >= 0.6 is 0 Å². The van der Waals surface area contributed by atoms with Gasteiger partial charge in [-0.15, -0.1) is 0 Å². The van der Waals surface area contributed by atoms with E-state index in [1.54, 1.807) is 0 Å². The summed E-state index contributed by atoms with van der Waals surface area (Å²) >= 11 is 0. The molecule has 2 atom stereocenters. The summed E-state index contributed by atoms with van der Waals surface area (Å²) in [5.41, 5.74) is 1.41. The molecule has 0 amide bonds. The average molecular weight is 290 g/mol. The summed E-state index contributed by atoms with van der Waals surface area (Å²) in [5, 5.41) is 0. The highest BCUT2D eigenvalue weighted by Gasteiger charge is 2.39. The van der Waals surface area contributed by atoms with Gasteiger partial charge in [-0.2, -0.15) is 0 Å². The van der Waals surface area contributed by atoms with E-state index in [2.05, 4.69) is 57.3 Å². The monoisotopic (exact) mass is 290 g/mol. The minimum atomic E-state index is -1.38. The number of benzene rings is 1. The minimum Gasteiger partial charge on any atom is -0.462 e. The molecule has 0 unspecified atom stereocenters. The molecule has 0 spiro atoms. The number of carbonyl (C=O) groups excluding carboxylic acids is 1. The van der Waals surface area contributed by atoms with Crippen molar-refractivity contribution in [1.29, 1.82) is 0 Å². The van der Waals surface area contributed by atoms with Crippen LogP contribution < -0.4 is 0 Å². The van der Waals surface area contributed by atoms with Crippen LogP contribution in [0.1, 0.15) is 25.8 Å². The van der Waals surface area contributed by atoms with E-state index in [0.29, 0.717) is 5.92 Å². The zero-order valence-corrected chi connectivity index (χ0v) is 14.1. The van der Waals surface area contributed by atoms with E-state index in [9.17, 15) is 4.79 Å². The molecule has 1 aromatic rings. The highest BCUT2D eigenvalue weighted by molar-refractivity contribution is 6.77. The molecule has 2 nitrogen and oxygen atoms in total. The molecule has 20 heavy (non-hydrogen) atoms. The largest absolute Gasteiger partial charge is 0.462 e. The normalized spacial score (nSPS) is 23.1. The van der Waals surface area contributed by atoms with Crippen molar-refractivity contribution in [1.82, 2.24) is 0 Å². The summed E-state index contributed by atoms with van der Waals surface area (Å²) in [4.78, 5) is 11.9. The third-order valence-corrected chi connectivity index (χ3v) is 7.14. The first-order valence-electron chi connectivity index (χ1n) is 7.62. The quantitative estimate of drug-likeness (QED) is 0.604. The van der Waals surface area contributed by atoms with Crippen molar-refractivity contribution in [2.45, 2.75) is 51.6 Å². The first-order chi connectivity index (χ1) is 9.37. The van der Waals surface area contributed by atoms with Gasteiger partial charge in [0, 0.05) is 0 Å². The highest BCUT2D eigenvalue weighted by Crippen LogP contribution is 2.32. The Morgan fingerprint density at radius 3 is 2.45 bits per heavy atom. The summed E-state index contributed by atoms with van der Waals surface area (Å²) in [6.07, 6.45) is 1.07. The molecule has 0 radical (unpaired) electrons. The molecule has 0 saturated carbocycles. The summed E-state index contributed by atoms with van der Waals surface area (Å²) in [7, 11) is -1.38. The molecular formula is C17H26O2Si.